The second kappa shape index (κ2) is 4.43. The second-order valence-corrected chi connectivity index (χ2v) is 3.06. The minimum Gasteiger partial charge on any atom is -0.384 e. The van der Waals surface area contributed by atoms with Crippen LogP contribution < -0.4 is 11.1 Å². The fraction of sp³-hybridized carbons (Fsp3) is 0.125. The van der Waals surface area contributed by atoms with Gasteiger partial charge in [0.05, 0.1) is 11.5 Å². The highest BCUT2D eigenvalue weighted by Gasteiger charge is 2.15. The molecule has 2 aromatic rings. The molecule has 0 spiro atoms. The molecule has 0 fully saturated rings. The smallest absolute Gasteiger partial charge is 0.311 e. The third-order valence-corrected chi connectivity index (χ3v) is 1.91. The maximum absolute atomic E-state index is 10.7. The molecule has 3 N–H and O–H groups in total. The van der Waals surface area contributed by atoms with Crippen LogP contribution in [0.2, 0.25) is 0 Å². The number of rotatable bonds is 4. The highest BCUT2D eigenvalue weighted by Crippen LogP contribution is 2.22. The average Bonchev–Trinajstić information content (AvgIpc) is 2.78. The minimum absolute atomic E-state index is 0.0693. The summed E-state index contributed by atoms with van der Waals surface area (Å²) in [6, 6.07) is 2.64. The van der Waals surface area contributed by atoms with E-state index in [-0.39, 0.29) is 23.9 Å². The minimum atomic E-state index is -0.551. The number of nitrogens with zero attached hydrogens (tertiary/aromatic N) is 4. The first-order valence-electron chi connectivity index (χ1n) is 4.57. The summed E-state index contributed by atoms with van der Waals surface area (Å²) < 4.78 is 4.52. The molecule has 0 radical (unpaired) electrons. The Labute approximate surface area is 94.8 Å². The summed E-state index contributed by atoms with van der Waals surface area (Å²) in [5.41, 5.74) is 5.29. The molecule has 2 rings (SSSR count). The van der Waals surface area contributed by atoms with Gasteiger partial charge in [-0.15, -0.1) is 0 Å². The van der Waals surface area contributed by atoms with Gasteiger partial charge in [0.25, 0.3) is 0 Å². The van der Waals surface area contributed by atoms with Crippen LogP contribution in [-0.4, -0.2) is 20.0 Å². The molecule has 0 aliphatic rings. The van der Waals surface area contributed by atoms with Crippen LogP contribution in [0.25, 0.3) is 0 Å². The number of nitrogens with one attached hydrogen (secondary N) is 1. The number of nitro groups is 1. The van der Waals surface area contributed by atoms with Crippen molar-refractivity contribution in [3.8, 4) is 0 Å². The van der Waals surface area contributed by atoms with Crippen LogP contribution in [0.3, 0.4) is 0 Å². The lowest BCUT2D eigenvalue weighted by Crippen LogP contribution is -2.07. The predicted octanol–water partition coefficient (Wildman–Crippen LogP) is 0.567. The quantitative estimate of drug-likeness (QED) is 0.581. The average molecular weight is 236 g/mol. The SMILES string of the molecule is Nc1ccc([N+](=O)[O-])c(NCc2ncon2)n1. The molecule has 88 valence electrons. The predicted molar refractivity (Wildman–Crippen MR) is 56.9 cm³/mol. The Hall–Kier alpha value is -2.71. The van der Waals surface area contributed by atoms with Crippen molar-refractivity contribution in [2.45, 2.75) is 6.54 Å². The van der Waals surface area contributed by atoms with E-state index in [2.05, 4.69) is 25.0 Å². The van der Waals surface area contributed by atoms with Crippen LogP contribution in [0.15, 0.2) is 23.0 Å². The zero-order chi connectivity index (χ0) is 12.3. The van der Waals surface area contributed by atoms with Crippen LogP contribution in [0, 0.1) is 10.1 Å². The Morgan fingerprint density at radius 2 is 2.35 bits per heavy atom. The standard InChI is InChI=1S/C8H8N6O3/c9-6-2-1-5(14(15)16)8(12-6)10-3-7-11-4-17-13-7/h1-2,4H,3H2,(H3,9,10,12). The second-order valence-electron chi connectivity index (χ2n) is 3.06. The Bertz CT molecular complexity index is 526. The molecular weight excluding hydrogens is 228 g/mol. The largest absolute Gasteiger partial charge is 0.384 e. The molecule has 0 saturated carbocycles. The summed E-state index contributed by atoms with van der Waals surface area (Å²) in [6.07, 6.45) is 1.16. The topological polar surface area (TPSA) is 133 Å². The Kier molecular flexibility index (Phi) is 2.81. The lowest BCUT2D eigenvalue weighted by molar-refractivity contribution is -0.384. The van der Waals surface area contributed by atoms with Gasteiger partial charge in [-0.1, -0.05) is 5.16 Å². The molecule has 0 amide bonds. The van der Waals surface area contributed by atoms with Gasteiger partial charge < -0.3 is 15.6 Å². The highest BCUT2D eigenvalue weighted by molar-refractivity contribution is 5.59. The van der Waals surface area contributed by atoms with E-state index < -0.39 is 4.92 Å². The van der Waals surface area contributed by atoms with Crippen molar-refractivity contribution in [2.24, 2.45) is 0 Å². The molecule has 0 aromatic carbocycles. The summed E-state index contributed by atoms with van der Waals surface area (Å²) in [5.74, 6) is 0.620. The molecule has 0 bridgehead atoms. The lowest BCUT2D eigenvalue weighted by Gasteiger charge is -2.04. The van der Waals surface area contributed by atoms with Gasteiger partial charge in [-0.25, -0.2) is 4.98 Å². The van der Waals surface area contributed by atoms with Gasteiger partial charge in [0.1, 0.15) is 5.82 Å². The van der Waals surface area contributed by atoms with Crippen molar-refractivity contribution in [1.29, 1.82) is 0 Å². The Morgan fingerprint density at radius 3 is 3.00 bits per heavy atom. The van der Waals surface area contributed by atoms with Crippen LogP contribution in [0.4, 0.5) is 17.3 Å². The number of pyridine rings is 1. The van der Waals surface area contributed by atoms with Gasteiger partial charge in [-0.2, -0.15) is 4.98 Å². The number of anilines is 2. The van der Waals surface area contributed by atoms with Gasteiger partial charge in [0.2, 0.25) is 12.2 Å². The number of hydrogen-bond acceptors (Lipinski definition) is 8. The maximum atomic E-state index is 10.7. The van der Waals surface area contributed by atoms with E-state index in [4.69, 9.17) is 5.73 Å². The highest BCUT2D eigenvalue weighted by atomic mass is 16.6. The third kappa shape index (κ3) is 2.45. The molecular formula is C8H8N6O3. The normalized spacial score (nSPS) is 10.1. The molecule has 9 nitrogen and oxygen atoms in total. The fourth-order valence-corrected chi connectivity index (χ4v) is 1.18. The molecule has 2 heterocycles. The summed E-state index contributed by atoms with van der Waals surface area (Å²) in [4.78, 5) is 17.8. The van der Waals surface area contributed by atoms with E-state index in [1.54, 1.807) is 0 Å². The van der Waals surface area contributed by atoms with Gasteiger partial charge in [-0.3, -0.25) is 10.1 Å². The summed E-state index contributed by atoms with van der Waals surface area (Å²) in [7, 11) is 0. The molecule has 0 aliphatic carbocycles. The molecule has 17 heavy (non-hydrogen) atoms. The van der Waals surface area contributed by atoms with Crippen molar-refractivity contribution in [3.63, 3.8) is 0 Å². The number of hydrogen-bond donors (Lipinski definition) is 2. The van der Waals surface area contributed by atoms with Crippen LogP contribution in [0.5, 0.6) is 0 Å². The van der Waals surface area contributed by atoms with Crippen molar-refractivity contribution >= 4 is 17.3 Å². The first kappa shape index (κ1) is 10.8. The van der Waals surface area contributed by atoms with Crippen molar-refractivity contribution < 1.29 is 9.45 Å². The molecule has 0 saturated heterocycles. The molecule has 0 atom stereocenters. The fourth-order valence-electron chi connectivity index (χ4n) is 1.18. The van der Waals surface area contributed by atoms with Crippen molar-refractivity contribution in [3.05, 3.63) is 34.5 Å². The van der Waals surface area contributed by atoms with Gasteiger partial charge in [0.15, 0.2) is 5.82 Å². The number of nitrogens with two attached hydrogens (primary N) is 1. The zero-order valence-corrected chi connectivity index (χ0v) is 8.53. The van der Waals surface area contributed by atoms with E-state index >= 15 is 0 Å². The van der Waals surface area contributed by atoms with Gasteiger partial charge in [0, 0.05) is 6.07 Å². The van der Waals surface area contributed by atoms with E-state index in [9.17, 15) is 10.1 Å². The molecule has 0 aliphatic heterocycles. The van der Waals surface area contributed by atoms with Crippen LogP contribution >= 0.6 is 0 Å². The summed E-state index contributed by atoms with van der Waals surface area (Å²) in [6.45, 7) is 0.161. The Balaban J connectivity index is 2.19. The van der Waals surface area contributed by atoms with E-state index in [0.717, 1.165) is 6.39 Å². The molecule has 9 heteroatoms. The van der Waals surface area contributed by atoms with Gasteiger partial charge in [-0.05, 0) is 6.07 Å². The third-order valence-electron chi connectivity index (χ3n) is 1.91. The van der Waals surface area contributed by atoms with Crippen molar-refractivity contribution in [2.75, 3.05) is 11.1 Å². The maximum Gasteiger partial charge on any atom is 0.311 e. The number of nitrogen functional groups attached to an aromatic ring is 1. The summed E-state index contributed by atoms with van der Waals surface area (Å²) in [5, 5.41) is 17.0. The van der Waals surface area contributed by atoms with Gasteiger partial charge >= 0.3 is 5.69 Å². The first-order chi connectivity index (χ1) is 8.16. The van der Waals surface area contributed by atoms with E-state index in [1.165, 1.54) is 12.1 Å². The van der Waals surface area contributed by atoms with E-state index in [0.29, 0.717) is 5.82 Å². The zero-order valence-electron chi connectivity index (χ0n) is 8.53. The van der Waals surface area contributed by atoms with Crippen LogP contribution in [0.1, 0.15) is 5.82 Å². The first-order valence-corrected chi connectivity index (χ1v) is 4.57. The monoisotopic (exact) mass is 236 g/mol. The molecule has 0 unspecified atom stereocenters. The summed E-state index contributed by atoms with van der Waals surface area (Å²) >= 11 is 0. The number of aromatic nitrogens is 3. The van der Waals surface area contributed by atoms with Crippen molar-refractivity contribution in [1.82, 2.24) is 15.1 Å². The lowest BCUT2D eigenvalue weighted by atomic mass is 10.3. The molecule has 2 aromatic heterocycles. The van der Waals surface area contributed by atoms with E-state index in [1.807, 2.05) is 0 Å². The Morgan fingerprint density at radius 1 is 1.53 bits per heavy atom. The van der Waals surface area contributed by atoms with Crippen LogP contribution in [-0.2, 0) is 6.54 Å².